The molecule has 0 N–H and O–H groups in total. The van der Waals surface area contributed by atoms with Gasteiger partial charge < -0.3 is 0 Å². The van der Waals surface area contributed by atoms with Crippen molar-refractivity contribution in [3.05, 3.63) is 82.0 Å². The van der Waals surface area contributed by atoms with E-state index in [4.69, 9.17) is 0 Å². The molecule has 2 heterocycles. The standard InChI is InChI=1S/C20H13F3N4O2/c1-12-10-19(24-16-5-3-2-4-15(12)16)26-17(11-18(25-26)20(21,22)23)13-6-8-14(9-7-13)27(28)29/h2-11H,1H3. The number of nitro groups is 1. The Morgan fingerprint density at radius 1 is 1.03 bits per heavy atom. The number of pyridine rings is 1. The Morgan fingerprint density at radius 3 is 2.38 bits per heavy atom. The summed E-state index contributed by atoms with van der Waals surface area (Å²) in [7, 11) is 0. The summed E-state index contributed by atoms with van der Waals surface area (Å²) < 4.78 is 41.1. The number of alkyl halides is 3. The van der Waals surface area contributed by atoms with Gasteiger partial charge in [0.05, 0.1) is 16.1 Å². The van der Waals surface area contributed by atoms with Crippen LogP contribution < -0.4 is 0 Å². The summed E-state index contributed by atoms with van der Waals surface area (Å²) >= 11 is 0. The average Bonchev–Trinajstić information content (AvgIpc) is 3.14. The van der Waals surface area contributed by atoms with Crippen LogP contribution in [0.5, 0.6) is 0 Å². The van der Waals surface area contributed by atoms with Crippen LogP contribution in [0.2, 0.25) is 0 Å². The number of hydrogen-bond donors (Lipinski definition) is 0. The summed E-state index contributed by atoms with van der Waals surface area (Å²) in [6.45, 7) is 1.84. The lowest BCUT2D eigenvalue weighted by Gasteiger charge is -2.10. The first-order chi connectivity index (χ1) is 13.7. The molecule has 0 saturated heterocycles. The van der Waals surface area contributed by atoms with Gasteiger partial charge in [0.15, 0.2) is 11.5 Å². The third kappa shape index (κ3) is 3.42. The van der Waals surface area contributed by atoms with Crippen molar-refractivity contribution in [1.82, 2.24) is 14.8 Å². The van der Waals surface area contributed by atoms with E-state index in [9.17, 15) is 23.3 Å². The van der Waals surface area contributed by atoms with Gasteiger partial charge in [-0.3, -0.25) is 10.1 Å². The van der Waals surface area contributed by atoms with Gasteiger partial charge >= 0.3 is 6.18 Å². The van der Waals surface area contributed by atoms with Gasteiger partial charge in [0.25, 0.3) is 5.69 Å². The Kier molecular flexibility index (Phi) is 4.30. The second kappa shape index (κ2) is 6.69. The van der Waals surface area contributed by atoms with Crippen molar-refractivity contribution in [2.45, 2.75) is 13.1 Å². The molecule has 0 fully saturated rings. The first-order valence-corrected chi connectivity index (χ1v) is 8.53. The first-order valence-electron chi connectivity index (χ1n) is 8.53. The number of aromatic nitrogens is 3. The number of benzene rings is 2. The number of rotatable bonds is 3. The molecule has 0 aliphatic heterocycles. The van der Waals surface area contributed by atoms with Crippen LogP contribution in [0.1, 0.15) is 11.3 Å². The van der Waals surface area contributed by atoms with Crippen LogP contribution in [0, 0.1) is 17.0 Å². The van der Waals surface area contributed by atoms with E-state index >= 15 is 0 Å². The van der Waals surface area contributed by atoms with E-state index < -0.39 is 16.8 Å². The molecule has 0 bridgehead atoms. The van der Waals surface area contributed by atoms with Crippen molar-refractivity contribution in [2.75, 3.05) is 0 Å². The first kappa shape index (κ1) is 18.6. The molecule has 0 aliphatic rings. The fraction of sp³-hybridized carbons (Fsp3) is 0.100. The maximum Gasteiger partial charge on any atom is 0.435 e. The zero-order valence-electron chi connectivity index (χ0n) is 15.0. The zero-order chi connectivity index (χ0) is 20.8. The molecule has 2 aromatic heterocycles. The molecule has 0 amide bonds. The lowest BCUT2D eigenvalue weighted by molar-refractivity contribution is -0.384. The highest BCUT2D eigenvalue weighted by Gasteiger charge is 2.35. The maximum absolute atomic E-state index is 13.3. The van der Waals surface area contributed by atoms with Gasteiger partial charge in [-0.2, -0.15) is 18.3 Å². The fourth-order valence-corrected chi connectivity index (χ4v) is 3.09. The molecule has 0 radical (unpaired) electrons. The van der Waals surface area contributed by atoms with Gasteiger partial charge in [-0.15, -0.1) is 0 Å². The van der Waals surface area contributed by atoms with Gasteiger partial charge in [-0.25, -0.2) is 9.67 Å². The molecule has 6 nitrogen and oxygen atoms in total. The highest BCUT2D eigenvalue weighted by Crippen LogP contribution is 2.34. The number of nitrogens with zero attached hydrogens (tertiary/aromatic N) is 4. The van der Waals surface area contributed by atoms with Crippen molar-refractivity contribution < 1.29 is 18.1 Å². The van der Waals surface area contributed by atoms with Crippen LogP contribution >= 0.6 is 0 Å². The van der Waals surface area contributed by atoms with E-state index in [2.05, 4.69) is 10.1 Å². The quantitative estimate of drug-likeness (QED) is 0.346. The Balaban J connectivity index is 1.93. The highest BCUT2D eigenvalue weighted by molar-refractivity contribution is 5.83. The van der Waals surface area contributed by atoms with E-state index in [0.29, 0.717) is 11.1 Å². The molecule has 146 valence electrons. The average molecular weight is 398 g/mol. The van der Waals surface area contributed by atoms with Crippen LogP contribution in [-0.2, 0) is 6.18 Å². The van der Waals surface area contributed by atoms with Crippen molar-refractivity contribution >= 4 is 16.6 Å². The van der Waals surface area contributed by atoms with Gasteiger partial charge in [-0.05, 0) is 42.8 Å². The van der Waals surface area contributed by atoms with Gasteiger partial charge in [0, 0.05) is 23.1 Å². The summed E-state index contributed by atoms with van der Waals surface area (Å²) in [6.07, 6.45) is -4.65. The van der Waals surface area contributed by atoms with Crippen LogP contribution in [0.25, 0.3) is 28.0 Å². The van der Waals surface area contributed by atoms with E-state index in [1.807, 2.05) is 19.1 Å². The van der Waals surface area contributed by atoms with Crippen LogP contribution in [0.15, 0.2) is 60.7 Å². The molecule has 4 rings (SSSR count). The molecule has 0 saturated carbocycles. The lowest BCUT2D eigenvalue weighted by Crippen LogP contribution is -2.08. The van der Waals surface area contributed by atoms with Crippen LogP contribution in [-0.4, -0.2) is 19.7 Å². The highest BCUT2D eigenvalue weighted by atomic mass is 19.4. The smallest absolute Gasteiger partial charge is 0.258 e. The molecule has 4 aromatic rings. The molecular formula is C20H13F3N4O2. The minimum absolute atomic E-state index is 0.134. The number of para-hydroxylation sites is 1. The summed E-state index contributed by atoms with van der Waals surface area (Å²) in [4.78, 5) is 14.7. The largest absolute Gasteiger partial charge is 0.435 e. The number of fused-ring (bicyclic) bond motifs is 1. The van der Waals surface area contributed by atoms with E-state index in [1.54, 1.807) is 18.2 Å². The molecule has 0 atom stereocenters. The molecule has 0 aliphatic carbocycles. The Morgan fingerprint density at radius 2 is 1.72 bits per heavy atom. The third-order valence-corrected chi connectivity index (χ3v) is 4.50. The van der Waals surface area contributed by atoms with E-state index in [0.717, 1.165) is 21.7 Å². The van der Waals surface area contributed by atoms with Crippen molar-refractivity contribution in [3.8, 4) is 17.1 Å². The monoisotopic (exact) mass is 398 g/mol. The van der Waals surface area contributed by atoms with Gasteiger partial charge in [-0.1, -0.05) is 18.2 Å². The predicted molar refractivity (Wildman–Crippen MR) is 101 cm³/mol. The second-order valence-corrected chi connectivity index (χ2v) is 6.44. The Hall–Kier alpha value is -3.75. The normalized spacial score (nSPS) is 11.7. The maximum atomic E-state index is 13.3. The molecule has 9 heteroatoms. The molecule has 29 heavy (non-hydrogen) atoms. The van der Waals surface area contributed by atoms with E-state index in [1.165, 1.54) is 24.3 Å². The number of hydrogen-bond acceptors (Lipinski definition) is 4. The molecule has 0 spiro atoms. The zero-order valence-corrected chi connectivity index (χ0v) is 15.0. The predicted octanol–water partition coefficient (Wildman–Crippen LogP) is 5.32. The number of nitro benzene ring substituents is 1. The summed E-state index contributed by atoms with van der Waals surface area (Å²) in [5, 5.41) is 15.5. The summed E-state index contributed by atoms with van der Waals surface area (Å²) in [5.74, 6) is 0.227. The van der Waals surface area contributed by atoms with Crippen molar-refractivity contribution in [2.24, 2.45) is 0 Å². The minimum atomic E-state index is -4.65. The topological polar surface area (TPSA) is 73.8 Å². The molecule has 0 unspecified atom stereocenters. The Bertz CT molecular complexity index is 1230. The Labute approximate surface area is 162 Å². The van der Waals surface area contributed by atoms with Crippen molar-refractivity contribution in [1.29, 1.82) is 0 Å². The third-order valence-electron chi connectivity index (χ3n) is 4.50. The number of aryl methyl sites for hydroxylation is 1. The van der Waals surface area contributed by atoms with E-state index in [-0.39, 0.29) is 17.2 Å². The number of non-ortho nitro benzene ring substituents is 1. The lowest BCUT2D eigenvalue weighted by atomic mass is 10.1. The summed E-state index contributed by atoms with van der Waals surface area (Å²) in [6, 6.07) is 15.1. The number of halogens is 3. The van der Waals surface area contributed by atoms with Gasteiger partial charge in [0.2, 0.25) is 0 Å². The van der Waals surface area contributed by atoms with Crippen LogP contribution in [0.4, 0.5) is 18.9 Å². The molecule has 2 aromatic carbocycles. The summed E-state index contributed by atoms with van der Waals surface area (Å²) in [5.41, 5.74) is 0.722. The van der Waals surface area contributed by atoms with Crippen molar-refractivity contribution in [3.63, 3.8) is 0 Å². The SMILES string of the molecule is Cc1cc(-n2nc(C(F)(F)F)cc2-c2ccc([N+](=O)[O-])cc2)nc2ccccc12. The van der Waals surface area contributed by atoms with Crippen LogP contribution in [0.3, 0.4) is 0 Å². The van der Waals surface area contributed by atoms with Gasteiger partial charge in [0.1, 0.15) is 0 Å². The molecular weight excluding hydrogens is 385 g/mol. The fourth-order valence-electron chi connectivity index (χ4n) is 3.09. The minimum Gasteiger partial charge on any atom is -0.258 e. The second-order valence-electron chi connectivity index (χ2n) is 6.44.